The lowest BCUT2D eigenvalue weighted by atomic mass is 10.1. The molecule has 0 atom stereocenters. The number of hydrogen-bond donors (Lipinski definition) is 0. The molecule has 2 heterocycles. The molecule has 20 heavy (non-hydrogen) atoms. The topological polar surface area (TPSA) is 38.7 Å². The van der Waals surface area contributed by atoms with Crippen molar-refractivity contribution in [3.63, 3.8) is 0 Å². The molecular formula is C17H15N3. The van der Waals surface area contributed by atoms with Crippen molar-refractivity contribution < 1.29 is 0 Å². The van der Waals surface area contributed by atoms with E-state index < -0.39 is 0 Å². The Hall–Kier alpha value is -2.55. The predicted molar refractivity (Wildman–Crippen MR) is 79.2 cm³/mol. The van der Waals surface area contributed by atoms with Gasteiger partial charge in [-0.2, -0.15) is 0 Å². The summed E-state index contributed by atoms with van der Waals surface area (Å²) in [5.74, 6) is 0.665. The molecule has 0 aliphatic rings. The van der Waals surface area contributed by atoms with Gasteiger partial charge in [-0.1, -0.05) is 35.9 Å². The molecular weight excluding hydrogens is 246 g/mol. The van der Waals surface area contributed by atoms with Crippen molar-refractivity contribution in [2.75, 3.05) is 0 Å². The molecule has 0 amide bonds. The minimum Gasteiger partial charge on any atom is -0.249 e. The zero-order valence-corrected chi connectivity index (χ0v) is 11.3. The lowest BCUT2D eigenvalue weighted by molar-refractivity contribution is 1.05. The van der Waals surface area contributed by atoms with Crippen LogP contribution in [0.15, 0.2) is 60.9 Å². The van der Waals surface area contributed by atoms with Crippen LogP contribution in [0.5, 0.6) is 0 Å². The molecule has 0 aliphatic heterocycles. The van der Waals surface area contributed by atoms with Crippen LogP contribution in [-0.4, -0.2) is 15.0 Å². The Balaban J connectivity index is 1.86. The highest BCUT2D eigenvalue weighted by Crippen LogP contribution is 2.14. The van der Waals surface area contributed by atoms with E-state index >= 15 is 0 Å². The van der Waals surface area contributed by atoms with Gasteiger partial charge in [0.1, 0.15) is 5.69 Å². The van der Waals surface area contributed by atoms with E-state index in [4.69, 9.17) is 0 Å². The van der Waals surface area contributed by atoms with Crippen LogP contribution in [-0.2, 0) is 6.42 Å². The first-order chi connectivity index (χ1) is 9.81. The Bertz CT molecular complexity index is 691. The van der Waals surface area contributed by atoms with Gasteiger partial charge in [0.05, 0.1) is 0 Å². The normalized spacial score (nSPS) is 10.4. The maximum atomic E-state index is 4.64. The van der Waals surface area contributed by atoms with E-state index in [-0.39, 0.29) is 0 Å². The van der Waals surface area contributed by atoms with Crippen molar-refractivity contribution in [1.29, 1.82) is 0 Å². The molecule has 98 valence electrons. The smallest absolute Gasteiger partial charge is 0.178 e. The Labute approximate surface area is 118 Å². The van der Waals surface area contributed by atoms with E-state index in [2.05, 4.69) is 46.1 Å². The molecule has 0 unspecified atom stereocenters. The van der Waals surface area contributed by atoms with Crippen LogP contribution in [0.1, 0.15) is 16.8 Å². The number of nitrogens with zero attached hydrogens (tertiary/aromatic N) is 3. The standard InChI is InChI=1S/C17H15N3/c1-13-6-8-14(9-7-13)12-15-4-2-5-16(20-15)17-18-10-3-11-19-17/h2-11H,12H2,1H3. The average molecular weight is 261 g/mol. The summed E-state index contributed by atoms with van der Waals surface area (Å²) in [6.45, 7) is 2.09. The van der Waals surface area contributed by atoms with Gasteiger partial charge in [0.15, 0.2) is 5.82 Å². The fraction of sp³-hybridized carbons (Fsp3) is 0.118. The highest BCUT2D eigenvalue weighted by atomic mass is 14.9. The number of pyridine rings is 1. The number of aromatic nitrogens is 3. The second kappa shape index (κ2) is 5.61. The largest absolute Gasteiger partial charge is 0.249 e. The second-order valence-corrected chi connectivity index (χ2v) is 4.75. The Kier molecular flexibility index (Phi) is 3.50. The summed E-state index contributed by atoms with van der Waals surface area (Å²) in [6.07, 6.45) is 4.29. The predicted octanol–water partition coefficient (Wildman–Crippen LogP) is 3.44. The van der Waals surface area contributed by atoms with Crippen molar-refractivity contribution >= 4 is 0 Å². The average Bonchev–Trinajstić information content (AvgIpc) is 2.51. The molecule has 0 spiro atoms. The molecule has 1 aromatic carbocycles. The monoisotopic (exact) mass is 261 g/mol. The van der Waals surface area contributed by atoms with E-state index in [1.807, 2.05) is 18.2 Å². The van der Waals surface area contributed by atoms with Gasteiger partial charge in [0, 0.05) is 24.5 Å². The molecule has 2 aromatic heterocycles. The Morgan fingerprint density at radius 3 is 2.35 bits per heavy atom. The van der Waals surface area contributed by atoms with Gasteiger partial charge in [-0.15, -0.1) is 0 Å². The first kappa shape index (κ1) is 12.5. The molecule has 0 N–H and O–H groups in total. The molecule has 3 rings (SSSR count). The molecule has 0 radical (unpaired) electrons. The molecule has 3 aromatic rings. The van der Waals surface area contributed by atoms with Gasteiger partial charge in [-0.3, -0.25) is 0 Å². The zero-order valence-electron chi connectivity index (χ0n) is 11.3. The SMILES string of the molecule is Cc1ccc(Cc2cccc(-c3ncccn3)n2)cc1. The summed E-state index contributed by atoms with van der Waals surface area (Å²) in [5, 5.41) is 0. The van der Waals surface area contributed by atoms with E-state index in [1.54, 1.807) is 18.5 Å². The van der Waals surface area contributed by atoms with E-state index in [0.29, 0.717) is 5.82 Å². The summed E-state index contributed by atoms with van der Waals surface area (Å²) in [5.41, 5.74) is 4.37. The molecule has 0 aliphatic carbocycles. The van der Waals surface area contributed by atoms with Gasteiger partial charge in [-0.05, 0) is 30.7 Å². The third-order valence-electron chi connectivity index (χ3n) is 3.11. The fourth-order valence-corrected chi connectivity index (χ4v) is 2.05. The molecule has 0 saturated carbocycles. The van der Waals surface area contributed by atoms with Crippen LogP contribution in [0.25, 0.3) is 11.5 Å². The van der Waals surface area contributed by atoms with Crippen molar-refractivity contribution in [3.8, 4) is 11.5 Å². The molecule has 3 nitrogen and oxygen atoms in total. The number of rotatable bonds is 3. The van der Waals surface area contributed by atoms with Gasteiger partial charge >= 0.3 is 0 Å². The van der Waals surface area contributed by atoms with Gasteiger partial charge in [0.25, 0.3) is 0 Å². The summed E-state index contributed by atoms with van der Waals surface area (Å²) in [7, 11) is 0. The maximum absolute atomic E-state index is 4.64. The van der Waals surface area contributed by atoms with Gasteiger partial charge < -0.3 is 0 Å². The number of hydrogen-bond acceptors (Lipinski definition) is 3. The maximum Gasteiger partial charge on any atom is 0.178 e. The highest BCUT2D eigenvalue weighted by Gasteiger charge is 2.04. The Morgan fingerprint density at radius 1 is 0.850 bits per heavy atom. The minimum atomic E-state index is 0.665. The summed E-state index contributed by atoms with van der Waals surface area (Å²) < 4.78 is 0. The summed E-state index contributed by atoms with van der Waals surface area (Å²) in [4.78, 5) is 13.1. The van der Waals surface area contributed by atoms with Crippen LogP contribution in [0.3, 0.4) is 0 Å². The third kappa shape index (κ3) is 2.88. The zero-order chi connectivity index (χ0) is 13.8. The van der Waals surface area contributed by atoms with Crippen LogP contribution in [0.4, 0.5) is 0 Å². The first-order valence-electron chi connectivity index (χ1n) is 6.60. The highest BCUT2D eigenvalue weighted by molar-refractivity contribution is 5.48. The van der Waals surface area contributed by atoms with Gasteiger partial charge in [-0.25, -0.2) is 15.0 Å². The van der Waals surface area contributed by atoms with Crippen LogP contribution < -0.4 is 0 Å². The second-order valence-electron chi connectivity index (χ2n) is 4.75. The molecule has 0 saturated heterocycles. The summed E-state index contributed by atoms with van der Waals surface area (Å²) >= 11 is 0. The number of aryl methyl sites for hydroxylation is 1. The van der Waals surface area contributed by atoms with Gasteiger partial charge in [0.2, 0.25) is 0 Å². The van der Waals surface area contributed by atoms with Crippen molar-refractivity contribution in [2.45, 2.75) is 13.3 Å². The third-order valence-corrected chi connectivity index (χ3v) is 3.11. The quantitative estimate of drug-likeness (QED) is 0.725. The minimum absolute atomic E-state index is 0.665. The van der Waals surface area contributed by atoms with E-state index in [9.17, 15) is 0 Å². The lowest BCUT2D eigenvalue weighted by Gasteiger charge is -2.04. The first-order valence-corrected chi connectivity index (χ1v) is 6.60. The number of benzene rings is 1. The van der Waals surface area contributed by atoms with E-state index in [1.165, 1.54) is 11.1 Å². The van der Waals surface area contributed by atoms with Crippen LogP contribution >= 0.6 is 0 Å². The fourth-order valence-electron chi connectivity index (χ4n) is 2.05. The van der Waals surface area contributed by atoms with Crippen LogP contribution in [0, 0.1) is 6.92 Å². The molecule has 0 bridgehead atoms. The van der Waals surface area contributed by atoms with Crippen LogP contribution in [0.2, 0.25) is 0 Å². The van der Waals surface area contributed by atoms with E-state index in [0.717, 1.165) is 17.8 Å². The van der Waals surface area contributed by atoms with Crippen molar-refractivity contribution in [2.24, 2.45) is 0 Å². The van der Waals surface area contributed by atoms with Crippen molar-refractivity contribution in [1.82, 2.24) is 15.0 Å². The van der Waals surface area contributed by atoms with Crippen molar-refractivity contribution in [3.05, 3.63) is 77.7 Å². The lowest BCUT2D eigenvalue weighted by Crippen LogP contribution is -1.96. The Morgan fingerprint density at radius 2 is 1.60 bits per heavy atom. The molecule has 3 heteroatoms. The molecule has 0 fully saturated rings. The summed E-state index contributed by atoms with van der Waals surface area (Å²) in [6, 6.07) is 16.3.